The fourth-order valence-corrected chi connectivity index (χ4v) is 5.61. The van der Waals surface area contributed by atoms with Crippen molar-refractivity contribution < 1.29 is 31.1 Å². The fraction of sp³-hybridized carbons (Fsp3) is 0.321. The van der Waals surface area contributed by atoms with Crippen LogP contribution in [-0.4, -0.2) is 28.0 Å². The van der Waals surface area contributed by atoms with Gasteiger partial charge in [-0.05, 0) is 78.9 Å². The molecule has 6 nitrogen and oxygen atoms in total. The van der Waals surface area contributed by atoms with E-state index < -0.39 is 40.3 Å². The number of hydrogen-bond donors (Lipinski definition) is 1. The summed E-state index contributed by atoms with van der Waals surface area (Å²) in [6.45, 7) is 6.95. The number of nitrogens with one attached hydrogen (secondary N) is 1. The molecule has 1 unspecified atom stereocenters. The van der Waals surface area contributed by atoms with Gasteiger partial charge in [-0.25, -0.2) is 8.42 Å². The minimum Gasteiger partial charge on any atom is -0.496 e. The van der Waals surface area contributed by atoms with Gasteiger partial charge in [0, 0.05) is 0 Å². The molecule has 3 aromatic carbocycles. The number of halogens is 3. The summed E-state index contributed by atoms with van der Waals surface area (Å²) in [7, 11) is -2.77. The molecule has 0 aliphatic carbocycles. The highest BCUT2D eigenvalue weighted by molar-refractivity contribution is 7.92. The van der Waals surface area contributed by atoms with Crippen LogP contribution in [0.3, 0.4) is 0 Å². The molecule has 0 aromatic heterocycles. The smallest absolute Gasteiger partial charge is 0.416 e. The molecule has 0 saturated carbocycles. The Hall–Kier alpha value is -3.53. The lowest BCUT2D eigenvalue weighted by Crippen LogP contribution is -2.41. The maximum atomic E-state index is 13.5. The van der Waals surface area contributed by atoms with Crippen LogP contribution in [0, 0.1) is 6.92 Å². The Kier molecular flexibility index (Phi) is 8.76. The highest BCUT2D eigenvalue weighted by Gasteiger charge is 2.33. The van der Waals surface area contributed by atoms with Crippen LogP contribution in [0.5, 0.6) is 5.75 Å². The van der Waals surface area contributed by atoms with E-state index in [1.807, 2.05) is 32.9 Å². The summed E-state index contributed by atoms with van der Waals surface area (Å²) in [5.41, 5.74) is 1.35. The molecular weight excluding hydrogens is 517 g/mol. The van der Waals surface area contributed by atoms with E-state index in [1.54, 1.807) is 20.1 Å². The first-order valence-corrected chi connectivity index (χ1v) is 13.4. The molecule has 38 heavy (non-hydrogen) atoms. The maximum absolute atomic E-state index is 13.5. The summed E-state index contributed by atoms with van der Waals surface area (Å²) in [5.74, 6) is 0.208. The molecule has 204 valence electrons. The van der Waals surface area contributed by atoms with Crippen LogP contribution in [0.4, 0.5) is 18.9 Å². The molecule has 0 aliphatic heterocycles. The number of hydrogen-bond acceptors (Lipinski definition) is 4. The fourth-order valence-electron chi connectivity index (χ4n) is 4.18. The van der Waals surface area contributed by atoms with Crippen molar-refractivity contribution in [1.82, 2.24) is 5.32 Å². The first-order chi connectivity index (χ1) is 17.8. The van der Waals surface area contributed by atoms with Gasteiger partial charge in [-0.1, -0.05) is 38.1 Å². The molecule has 0 bridgehead atoms. The predicted molar refractivity (Wildman–Crippen MR) is 141 cm³/mol. The van der Waals surface area contributed by atoms with Gasteiger partial charge in [0.15, 0.2) is 0 Å². The van der Waals surface area contributed by atoms with Crippen molar-refractivity contribution in [3.63, 3.8) is 0 Å². The number of methoxy groups -OCH3 is 1. The van der Waals surface area contributed by atoms with E-state index in [2.05, 4.69) is 5.32 Å². The molecule has 0 spiro atoms. The van der Waals surface area contributed by atoms with Crippen molar-refractivity contribution in [1.29, 1.82) is 0 Å². The van der Waals surface area contributed by atoms with Gasteiger partial charge in [0.1, 0.15) is 12.3 Å². The van der Waals surface area contributed by atoms with Crippen LogP contribution < -0.4 is 14.4 Å². The molecule has 1 atom stereocenters. The SMILES string of the molecule is COc1cc(C)c(C(C)NC(=O)CN(c2cccc(C(F)(F)F)c2)S(=O)(=O)c2ccccc2)cc1C(C)C. The first kappa shape index (κ1) is 29.0. The second-order valence-electron chi connectivity index (χ2n) is 9.27. The number of amides is 1. The zero-order chi connectivity index (χ0) is 28.3. The topological polar surface area (TPSA) is 75.7 Å². The lowest BCUT2D eigenvalue weighted by Gasteiger charge is -2.26. The van der Waals surface area contributed by atoms with Gasteiger partial charge < -0.3 is 10.1 Å². The summed E-state index contributed by atoms with van der Waals surface area (Å²) in [5, 5.41) is 2.80. The van der Waals surface area contributed by atoms with E-state index in [0.29, 0.717) is 4.31 Å². The Morgan fingerprint density at radius 2 is 1.63 bits per heavy atom. The van der Waals surface area contributed by atoms with Gasteiger partial charge in [-0.2, -0.15) is 13.2 Å². The van der Waals surface area contributed by atoms with Gasteiger partial charge in [0.25, 0.3) is 10.0 Å². The third-order valence-electron chi connectivity index (χ3n) is 6.16. The number of ether oxygens (including phenoxy) is 1. The number of carbonyl (C=O) groups is 1. The summed E-state index contributed by atoms with van der Waals surface area (Å²) >= 11 is 0. The van der Waals surface area contributed by atoms with Crippen LogP contribution in [0.1, 0.15) is 55.0 Å². The molecule has 3 rings (SSSR count). The van der Waals surface area contributed by atoms with E-state index in [0.717, 1.165) is 40.6 Å². The minimum atomic E-state index is -4.69. The van der Waals surface area contributed by atoms with Crippen LogP contribution in [0.15, 0.2) is 71.6 Å². The Bertz CT molecular complexity index is 1390. The predicted octanol–water partition coefficient (Wildman–Crippen LogP) is 6.22. The van der Waals surface area contributed by atoms with Gasteiger partial charge >= 0.3 is 6.18 Å². The Labute approximate surface area is 221 Å². The van der Waals surface area contributed by atoms with E-state index in [1.165, 1.54) is 30.3 Å². The molecule has 0 fully saturated rings. The van der Waals surface area contributed by atoms with E-state index in [4.69, 9.17) is 4.74 Å². The zero-order valence-electron chi connectivity index (χ0n) is 21.8. The molecule has 10 heteroatoms. The monoisotopic (exact) mass is 548 g/mol. The normalized spacial score (nSPS) is 12.8. The second kappa shape index (κ2) is 11.5. The average molecular weight is 549 g/mol. The third kappa shape index (κ3) is 6.48. The third-order valence-corrected chi connectivity index (χ3v) is 7.95. The van der Waals surface area contributed by atoms with Gasteiger partial charge in [0.2, 0.25) is 5.91 Å². The molecule has 0 heterocycles. The average Bonchev–Trinajstić information content (AvgIpc) is 2.86. The van der Waals surface area contributed by atoms with Crippen molar-refractivity contribution in [2.24, 2.45) is 0 Å². The van der Waals surface area contributed by atoms with Gasteiger partial charge in [-0.3, -0.25) is 9.10 Å². The van der Waals surface area contributed by atoms with Crippen molar-refractivity contribution >= 4 is 21.6 Å². The van der Waals surface area contributed by atoms with Crippen LogP contribution >= 0.6 is 0 Å². The number of aryl methyl sites for hydroxylation is 1. The van der Waals surface area contributed by atoms with Gasteiger partial charge in [0.05, 0.1) is 29.3 Å². The number of carbonyl (C=O) groups excluding carboxylic acids is 1. The molecule has 3 aromatic rings. The molecule has 1 amide bonds. The summed E-state index contributed by atoms with van der Waals surface area (Å²) in [4.78, 5) is 13.0. The van der Waals surface area contributed by atoms with E-state index in [9.17, 15) is 26.4 Å². The molecular formula is C28H31F3N2O4S. The second-order valence-corrected chi connectivity index (χ2v) is 11.1. The molecule has 0 aliphatic rings. The Balaban J connectivity index is 1.96. The molecule has 1 N–H and O–H groups in total. The Morgan fingerprint density at radius 1 is 0.974 bits per heavy atom. The number of alkyl halides is 3. The highest BCUT2D eigenvalue weighted by Crippen LogP contribution is 2.34. The van der Waals surface area contributed by atoms with Crippen LogP contribution in [-0.2, 0) is 21.0 Å². The van der Waals surface area contributed by atoms with Crippen molar-refractivity contribution in [3.8, 4) is 5.75 Å². The first-order valence-electron chi connectivity index (χ1n) is 12.0. The van der Waals surface area contributed by atoms with Crippen LogP contribution in [0.2, 0.25) is 0 Å². The minimum absolute atomic E-state index is 0.147. The number of anilines is 1. The number of rotatable bonds is 9. The lowest BCUT2D eigenvalue weighted by atomic mass is 9.93. The summed E-state index contributed by atoms with van der Waals surface area (Å²) in [6, 6.07) is 14.5. The number of nitrogens with zero attached hydrogens (tertiary/aromatic N) is 1. The quantitative estimate of drug-likeness (QED) is 0.345. The standard InChI is InChI=1S/C28H31F3N2O4S/c1-18(2)24-16-25(19(3)14-26(24)37-5)20(4)32-27(34)17-33(38(35,36)23-12-7-6-8-13-23)22-11-9-10-21(15-22)28(29,30)31/h6-16,18,20H,17H2,1-5H3,(H,32,34). The summed E-state index contributed by atoms with van der Waals surface area (Å²) < 4.78 is 73.3. The number of sulfonamides is 1. The zero-order valence-corrected chi connectivity index (χ0v) is 22.7. The number of benzene rings is 3. The summed E-state index contributed by atoms with van der Waals surface area (Å²) in [6.07, 6.45) is -4.69. The van der Waals surface area contributed by atoms with E-state index >= 15 is 0 Å². The van der Waals surface area contributed by atoms with Crippen LogP contribution in [0.25, 0.3) is 0 Å². The largest absolute Gasteiger partial charge is 0.496 e. The molecule has 0 saturated heterocycles. The van der Waals surface area contributed by atoms with E-state index in [-0.39, 0.29) is 16.5 Å². The van der Waals surface area contributed by atoms with Crippen molar-refractivity contribution in [2.75, 3.05) is 18.0 Å². The molecule has 0 radical (unpaired) electrons. The van der Waals surface area contributed by atoms with Crippen molar-refractivity contribution in [3.05, 3.63) is 89.0 Å². The highest BCUT2D eigenvalue weighted by atomic mass is 32.2. The van der Waals surface area contributed by atoms with Crippen molar-refractivity contribution in [2.45, 2.75) is 50.7 Å². The Morgan fingerprint density at radius 3 is 2.21 bits per heavy atom. The lowest BCUT2D eigenvalue weighted by molar-refractivity contribution is -0.137. The maximum Gasteiger partial charge on any atom is 0.416 e. The van der Waals surface area contributed by atoms with Gasteiger partial charge in [-0.15, -0.1) is 0 Å².